The molecule has 0 aliphatic heterocycles. The van der Waals surface area contributed by atoms with Gasteiger partial charge in [-0.2, -0.15) is 0 Å². The second-order valence-corrected chi connectivity index (χ2v) is 13.1. The van der Waals surface area contributed by atoms with E-state index in [1.165, 1.54) is 17.0 Å². The highest BCUT2D eigenvalue weighted by Crippen LogP contribution is 2.36. The number of amides is 2. The summed E-state index contributed by atoms with van der Waals surface area (Å²) in [6.07, 6.45) is 5.04. The van der Waals surface area contributed by atoms with Gasteiger partial charge in [0, 0.05) is 22.6 Å². The van der Waals surface area contributed by atoms with Crippen LogP contribution in [0.4, 0.5) is 5.69 Å². The van der Waals surface area contributed by atoms with Crippen LogP contribution in [0.15, 0.2) is 30.3 Å². The Morgan fingerprint density at radius 2 is 1.61 bits per heavy atom. The fourth-order valence-corrected chi connectivity index (χ4v) is 6.43. The van der Waals surface area contributed by atoms with Crippen LogP contribution in [-0.2, 0) is 26.2 Å². The first kappa shape index (κ1) is 31.1. The molecule has 2 aromatic carbocycles. The van der Waals surface area contributed by atoms with Gasteiger partial charge >= 0.3 is 0 Å². The number of benzene rings is 2. The topological polar surface area (TPSA) is 86.8 Å². The van der Waals surface area contributed by atoms with Crippen LogP contribution in [0.1, 0.15) is 44.6 Å². The molecule has 1 fully saturated rings. The van der Waals surface area contributed by atoms with Gasteiger partial charge in [0.25, 0.3) is 0 Å². The fraction of sp³-hybridized carbons (Fsp3) is 0.440. The number of hydrogen-bond donors (Lipinski definition) is 1. The standard InChI is InChI=1S/C25H28Cl5N3O4S/c1-3-22(25(35)31-17-6-4-5-7-17)32(13-15-8-9-16(26)10-18(15)27)24(34)14-33(38(2,36)37)23-12-20(29)19(28)11-21(23)30/h8-12,17,22H,3-7,13-14H2,1-2H3,(H,31,35)/t22-/m0/s1. The van der Waals surface area contributed by atoms with Crippen molar-refractivity contribution in [1.29, 1.82) is 0 Å². The number of carbonyl (C=O) groups is 2. The van der Waals surface area contributed by atoms with Crippen LogP contribution in [-0.4, -0.2) is 50.0 Å². The zero-order valence-electron chi connectivity index (χ0n) is 20.8. The van der Waals surface area contributed by atoms with E-state index in [0.717, 1.165) is 36.2 Å². The molecule has 1 atom stereocenters. The predicted molar refractivity (Wildman–Crippen MR) is 155 cm³/mol. The van der Waals surface area contributed by atoms with Crippen molar-refractivity contribution >= 4 is 85.5 Å². The number of carbonyl (C=O) groups excluding carboxylic acids is 2. The number of nitrogens with one attached hydrogen (secondary N) is 1. The van der Waals surface area contributed by atoms with Gasteiger partial charge in [-0.3, -0.25) is 13.9 Å². The fourth-order valence-electron chi connectivity index (χ4n) is 4.42. The highest BCUT2D eigenvalue weighted by Gasteiger charge is 2.34. The summed E-state index contributed by atoms with van der Waals surface area (Å²) in [6, 6.07) is 6.58. The van der Waals surface area contributed by atoms with Crippen LogP contribution < -0.4 is 9.62 Å². The van der Waals surface area contributed by atoms with E-state index in [0.29, 0.717) is 22.0 Å². The lowest BCUT2D eigenvalue weighted by Crippen LogP contribution is -2.53. The Balaban J connectivity index is 1.99. The molecule has 2 aromatic rings. The molecule has 2 amide bonds. The van der Waals surface area contributed by atoms with E-state index in [-0.39, 0.29) is 39.2 Å². The first-order chi connectivity index (χ1) is 17.8. The van der Waals surface area contributed by atoms with Gasteiger partial charge in [0.15, 0.2) is 0 Å². The van der Waals surface area contributed by atoms with Crippen LogP contribution >= 0.6 is 58.0 Å². The molecule has 0 bridgehead atoms. The van der Waals surface area contributed by atoms with Crippen molar-refractivity contribution in [3.8, 4) is 0 Å². The normalized spacial score (nSPS) is 14.8. The monoisotopic (exact) mass is 641 g/mol. The lowest BCUT2D eigenvalue weighted by molar-refractivity contribution is -0.140. The summed E-state index contributed by atoms with van der Waals surface area (Å²) in [7, 11) is -4.00. The highest BCUT2D eigenvalue weighted by atomic mass is 35.5. The van der Waals surface area contributed by atoms with Crippen molar-refractivity contribution < 1.29 is 18.0 Å². The lowest BCUT2D eigenvalue weighted by Gasteiger charge is -2.33. The Bertz CT molecular complexity index is 1300. The largest absolute Gasteiger partial charge is 0.352 e. The summed E-state index contributed by atoms with van der Waals surface area (Å²) < 4.78 is 26.4. The number of nitrogens with zero attached hydrogens (tertiary/aromatic N) is 2. The molecule has 208 valence electrons. The third-order valence-corrected chi connectivity index (χ3v) is 9.12. The van der Waals surface area contributed by atoms with Gasteiger partial charge in [-0.25, -0.2) is 8.42 Å². The van der Waals surface area contributed by atoms with Crippen molar-refractivity contribution in [3.63, 3.8) is 0 Å². The molecule has 0 radical (unpaired) electrons. The van der Waals surface area contributed by atoms with Gasteiger partial charge in [-0.1, -0.05) is 83.8 Å². The van der Waals surface area contributed by atoms with E-state index in [9.17, 15) is 18.0 Å². The predicted octanol–water partition coefficient (Wildman–Crippen LogP) is 6.59. The number of hydrogen-bond acceptors (Lipinski definition) is 4. The Hall–Kier alpha value is -1.42. The van der Waals surface area contributed by atoms with E-state index in [4.69, 9.17) is 58.0 Å². The van der Waals surface area contributed by atoms with E-state index < -0.39 is 28.5 Å². The van der Waals surface area contributed by atoms with Crippen LogP contribution in [0.2, 0.25) is 25.1 Å². The maximum absolute atomic E-state index is 13.8. The van der Waals surface area contributed by atoms with Gasteiger partial charge in [-0.15, -0.1) is 0 Å². The molecule has 13 heteroatoms. The van der Waals surface area contributed by atoms with E-state index >= 15 is 0 Å². The second-order valence-electron chi connectivity index (χ2n) is 9.16. The molecule has 3 rings (SSSR count). The second kappa shape index (κ2) is 13.3. The Morgan fingerprint density at radius 1 is 0.974 bits per heavy atom. The van der Waals surface area contributed by atoms with Gasteiger partial charge < -0.3 is 10.2 Å². The molecular formula is C25H28Cl5N3O4S. The molecule has 1 aliphatic rings. The molecule has 0 aromatic heterocycles. The number of anilines is 1. The molecule has 7 nitrogen and oxygen atoms in total. The zero-order chi connectivity index (χ0) is 28.2. The molecule has 1 saturated carbocycles. The molecule has 0 spiro atoms. The Kier molecular flexibility index (Phi) is 10.9. The van der Waals surface area contributed by atoms with Crippen LogP contribution in [0.3, 0.4) is 0 Å². The first-order valence-electron chi connectivity index (χ1n) is 12.0. The minimum atomic E-state index is -4.00. The molecule has 0 unspecified atom stereocenters. The van der Waals surface area contributed by atoms with Gasteiger partial charge in [0.1, 0.15) is 12.6 Å². The van der Waals surface area contributed by atoms with Gasteiger partial charge in [0.2, 0.25) is 21.8 Å². The summed E-state index contributed by atoms with van der Waals surface area (Å²) in [5.41, 5.74) is 0.542. The summed E-state index contributed by atoms with van der Waals surface area (Å²) in [5, 5.41) is 3.97. The summed E-state index contributed by atoms with van der Waals surface area (Å²) in [5.74, 6) is -0.937. The highest BCUT2D eigenvalue weighted by molar-refractivity contribution is 7.92. The summed E-state index contributed by atoms with van der Waals surface area (Å²) in [4.78, 5) is 28.5. The Labute approximate surface area is 248 Å². The molecule has 0 saturated heterocycles. The minimum Gasteiger partial charge on any atom is -0.352 e. The quantitative estimate of drug-likeness (QED) is 0.296. The molecule has 0 heterocycles. The van der Waals surface area contributed by atoms with E-state index in [1.54, 1.807) is 25.1 Å². The Morgan fingerprint density at radius 3 is 2.18 bits per heavy atom. The zero-order valence-corrected chi connectivity index (χ0v) is 25.4. The maximum Gasteiger partial charge on any atom is 0.244 e. The summed E-state index contributed by atoms with van der Waals surface area (Å²) >= 11 is 30.9. The van der Waals surface area contributed by atoms with Crippen molar-refractivity contribution in [2.24, 2.45) is 0 Å². The molecule has 38 heavy (non-hydrogen) atoms. The molecular weight excluding hydrogens is 616 g/mol. The number of halogens is 5. The SMILES string of the molecule is CC[C@@H](C(=O)NC1CCCC1)N(Cc1ccc(Cl)cc1Cl)C(=O)CN(c1cc(Cl)c(Cl)cc1Cl)S(C)(=O)=O. The first-order valence-corrected chi connectivity index (χ1v) is 15.7. The minimum absolute atomic E-state index is 0.00376. The third kappa shape index (κ3) is 7.83. The average Bonchev–Trinajstić information content (AvgIpc) is 3.33. The van der Waals surface area contributed by atoms with Crippen molar-refractivity contribution in [1.82, 2.24) is 10.2 Å². The van der Waals surface area contributed by atoms with Crippen LogP contribution in [0.5, 0.6) is 0 Å². The van der Waals surface area contributed by atoms with Crippen molar-refractivity contribution in [3.05, 3.63) is 61.0 Å². The molecule has 1 N–H and O–H groups in total. The number of rotatable bonds is 10. The van der Waals surface area contributed by atoms with Crippen molar-refractivity contribution in [2.75, 3.05) is 17.1 Å². The van der Waals surface area contributed by atoms with E-state index in [1.807, 2.05) is 0 Å². The average molecular weight is 644 g/mol. The maximum atomic E-state index is 13.8. The van der Waals surface area contributed by atoms with Crippen LogP contribution in [0, 0.1) is 0 Å². The van der Waals surface area contributed by atoms with Gasteiger partial charge in [-0.05, 0) is 49.1 Å². The third-order valence-electron chi connectivity index (χ3n) is 6.38. The van der Waals surface area contributed by atoms with Gasteiger partial charge in [0.05, 0.1) is 27.0 Å². The summed E-state index contributed by atoms with van der Waals surface area (Å²) in [6.45, 7) is 1.11. The smallest absolute Gasteiger partial charge is 0.244 e. The number of sulfonamides is 1. The van der Waals surface area contributed by atoms with Crippen molar-refractivity contribution in [2.45, 2.75) is 57.7 Å². The molecule has 1 aliphatic carbocycles. The lowest BCUT2D eigenvalue weighted by atomic mass is 10.1. The van der Waals surface area contributed by atoms with Crippen LogP contribution in [0.25, 0.3) is 0 Å². The van der Waals surface area contributed by atoms with E-state index in [2.05, 4.69) is 5.32 Å².